The standard InChI is InChI=1S/C17H22N4O2/c1-11-7-13(3)21(20-11)10-12(2)18-9-17-19-15-8-14(22-4)5-6-16(15)23-17/h5-8,12,18H,9-10H2,1-4H3. The lowest BCUT2D eigenvalue weighted by atomic mass is 10.3. The van der Waals surface area contributed by atoms with Crippen molar-refractivity contribution in [3.63, 3.8) is 0 Å². The van der Waals surface area contributed by atoms with Crippen LogP contribution < -0.4 is 10.1 Å². The van der Waals surface area contributed by atoms with Crippen molar-refractivity contribution in [1.82, 2.24) is 20.1 Å². The van der Waals surface area contributed by atoms with E-state index >= 15 is 0 Å². The summed E-state index contributed by atoms with van der Waals surface area (Å²) in [6.07, 6.45) is 0. The molecule has 0 bridgehead atoms. The fraction of sp³-hybridized carbons (Fsp3) is 0.412. The van der Waals surface area contributed by atoms with Crippen LogP contribution in [0.1, 0.15) is 24.2 Å². The first kappa shape index (κ1) is 15.6. The molecule has 6 heteroatoms. The molecule has 23 heavy (non-hydrogen) atoms. The average Bonchev–Trinajstić information content (AvgIpc) is 3.07. The third-order valence-corrected chi connectivity index (χ3v) is 3.79. The predicted octanol–water partition coefficient (Wildman–Crippen LogP) is 2.83. The van der Waals surface area contributed by atoms with E-state index in [0.29, 0.717) is 12.4 Å². The van der Waals surface area contributed by atoms with Crippen LogP contribution in [-0.4, -0.2) is 27.9 Å². The highest BCUT2D eigenvalue weighted by Crippen LogP contribution is 2.21. The second-order valence-corrected chi connectivity index (χ2v) is 5.83. The molecule has 0 saturated carbocycles. The summed E-state index contributed by atoms with van der Waals surface area (Å²) in [4.78, 5) is 4.49. The molecule has 2 heterocycles. The quantitative estimate of drug-likeness (QED) is 0.758. The molecule has 6 nitrogen and oxygen atoms in total. The third-order valence-electron chi connectivity index (χ3n) is 3.79. The largest absolute Gasteiger partial charge is 0.497 e. The molecule has 122 valence electrons. The second kappa shape index (κ2) is 6.42. The van der Waals surface area contributed by atoms with Crippen molar-refractivity contribution in [2.45, 2.75) is 39.9 Å². The Balaban J connectivity index is 1.62. The first-order valence-corrected chi connectivity index (χ1v) is 7.73. The van der Waals surface area contributed by atoms with Crippen molar-refractivity contribution in [3.05, 3.63) is 41.5 Å². The van der Waals surface area contributed by atoms with E-state index in [1.54, 1.807) is 7.11 Å². The van der Waals surface area contributed by atoms with Gasteiger partial charge in [0.2, 0.25) is 5.89 Å². The number of rotatable bonds is 6. The number of ether oxygens (including phenoxy) is 1. The van der Waals surface area contributed by atoms with Crippen LogP contribution in [0.15, 0.2) is 28.7 Å². The molecule has 0 amide bonds. The van der Waals surface area contributed by atoms with Gasteiger partial charge in [-0.25, -0.2) is 4.98 Å². The molecule has 0 spiro atoms. The van der Waals surface area contributed by atoms with Gasteiger partial charge in [-0.15, -0.1) is 0 Å². The summed E-state index contributed by atoms with van der Waals surface area (Å²) >= 11 is 0. The summed E-state index contributed by atoms with van der Waals surface area (Å²) in [6, 6.07) is 7.97. The molecule has 3 rings (SSSR count). The molecule has 1 N–H and O–H groups in total. The number of fused-ring (bicyclic) bond motifs is 1. The van der Waals surface area contributed by atoms with E-state index in [9.17, 15) is 0 Å². The summed E-state index contributed by atoms with van der Waals surface area (Å²) in [7, 11) is 1.64. The normalized spacial score (nSPS) is 12.7. The van der Waals surface area contributed by atoms with Crippen molar-refractivity contribution in [3.8, 4) is 5.75 Å². The van der Waals surface area contributed by atoms with Gasteiger partial charge in [0.1, 0.15) is 11.3 Å². The van der Waals surface area contributed by atoms with E-state index in [1.807, 2.05) is 29.8 Å². The maximum absolute atomic E-state index is 5.74. The maximum Gasteiger partial charge on any atom is 0.209 e. The number of oxazole rings is 1. The number of hydrogen-bond acceptors (Lipinski definition) is 5. The highest BCUT2D eigenvalue weighted by Gasteiger charge is 2.10. The molecule has 0 aliphatic heterocycles. The number of aromatic nitrogens is 3. The van der Waals surface area contributed by atoms with Crippen molar-refractivity contribution < 1.29 is 9.15 Å². The van der Waals surface area contributed by atoms with Gasteiger partial charge in [-0.1, -0.05) is 0 Å². The van der Waals surface area contributed by atoms with Gasteiger partial charge in [0.15, 0.2) is 5.58 Å². The SMILES string of the molecule is COc1ccc2oc(CNC(C)Cn3nc(C)cc3C)nc2c1. The molecular weight excluding hydrogens is 292 g/mol. The molecule has 0 aliphatic carbocycles. The Morgan fingerprint density at radius 1 is 1.30 bits per heavy atom. The van der Waals surface area contributed by atoms with Crippen LogP contribution in [0.3, 0.4) is 0 Å². The van der Waals surface area contributed by atoms with E-state index in [-0.39, 0.29) is 6.04 Å². The zero-order chi connectivity index (χ0) is 16.4. The second-order valence-electron chi connectivity index (χ2n) is 5.83. The third kappa shape index (κ3) is 3.53. The number of hydrogen-bond donors (Lipinski definition) is 1. The maximum atomic E-state index is 5.74. The predicted molar refractivity (Wildman–Crippen MR) is 88.6 cm³/mol. The zero-order valence-corrected chi connectivity index (χ0v) is 14.0. The van der Waals surface area contributed by atoms with Crippen LogP contribution in [-0.2, 0) is 13.1 Å². The van der Waals surface area contributed by atoms with E-state index in [1.165, 1.54) is 5.69 Å². The Hall–Kier alpha value is -2.34. The molecule has 1 aromatic carbocycles. The smallest absolute Gasteiger partial charge is 0.209 e. The van der Waals surface area contributed by atoms with Crippen molar-refractivity contribution in [2.75, 3.05) is 7.11 Å². The average molecular weight is 314 g/mol. The minimum absolute atomic E-state index is 0.262. The summed E-state index contributed by atoms with van der Waals surface area (Å²) in [5, 5.41) is 7.91. The van der Waals surface area contributed by atoms with Crippen molar-refractivity contribution in [2.24, 2.45) is 0 Å². The molecular formula is C17H22N4O2. The fourth-order valence-corrected chi connectivity index (χ4v) is 2.60. The lowest BCUT2D eigenvalue weighted by Crippen LogP contribution is -2.30. The molecule has 1 atom stereocenters. The van der Waals surface area contributed by atoms with Gasteiger partial charge in [-0.05, 0) is 39.0 Å². The van der Waals surface area contributed by atoms with E-state index in [4.69, 9.17) is 9.15 Å². The molecule has 1 unspecified atom stereocenters. The topological polar surface area (TPSA) is 65.1 Å². The zero-order valence-electron chi connectivity index (χ0n) is 14.0. The van der Waals surface area contributed by atoms with E-state index in [0.717, 1.165) is 29.1 Å². The summed E-state index contributed by atoms with van der Waals surface area (Å²) < 4.78 is 13.0. The number of aryl methyl sites for hydroxylation is 2. The Bertz CT molecular complexity index is 806. The molecule has 0 saturated heterocycles. The van der Waals surface area contributed by atoms with Gasteiger partial charge in [0.25, 0.3) is 0 Å². The minimum Gasteiger partial charge on any atom is -0.497 e. The van der Waals surface area contributed by atoms with Crippen molar-refractivity contribution >= 4 is 11.1 Å². The number of nitrogens with one attached hydrogen (secondary N) is 1. The molecule has 0 radical (unpaired) electrons. The summed E-state index contributed by atoms with van der Waals surface area (Å²) in [5.74, 6) is 1.46. The summed E-state index contributed by atoms with van der Waals surface area (Å²) in [5.41, 5.74) is 3.80. The Labute approximate surface area is 135 Å². The van der Waals surface area contributed by atoms with Gasteiger partial charge >= 0.3 is 0 Å². The van der Waals surface area contributed by atoms with Gasteiger partial charge in [-0.2, -0.15) is 5.10 Å². The minimum atomic E-state index is 0.262. The fourth-order valence-electron chi connectivity index (χ4n) is 2.60. The molecule has 0 fully saturated rings. The number of benzene rings is 1. The first-order valence-electron chi connectivity index (χ1n) is 7.73. The molecule has 2 aromatic heterocycles. The van der Waals surface area contributed by atoms with Crippen LogP contribution in [0.2, 0.25) is 0 Å². The van der Waals surface area contributed by atoms with E-state index in [2.05, 4.69) is 35.3 Å². The number of nitrogens with zero attached hydrogens (tertiary/aromatic N) is 3. The monoisotopic (exact) mass is 314 g/mol. The van der Waals surface area contributed by atoms with Crippen LogP contribution in [0.4, 0.5) is 0 Å². The van der Waals surface area contributed by atoms with E-state index < -0.39 is 0 Å². The first-order chi connectivity index (χ1) is 11.0. The van der Waals surface area contributed by atoms with Gasteiger partial charge < -0.3 is 14.5 Å². The van der Waals surface area contributed by atoms with Gasteiger partial charge in [-0.3, -0.25) is 4.68 Å². The highest BCUT2D eigenvalue weighted by molar-refractivity contribution is 5.74. The molecule has 3 aromatic rings. The van der Waals surface area contributed by atoms with Crippen LogP contribution in [0.25, 0.3) is 11.1 Å². The number of methoxy groups -OCH3 is 1. The van der Waals surface area contributed by atoms with Crippen LogP contribution in [0, 0.1) is 13.8 Å². The highest BCUT2D eigenvalue weighted by atomic mass is 16.5. The lowest BCUT2D eigenvalue weighted by Gasteiger charge is -2.13. The lowest BCUT2D eigenvalue weighted by molar-refractivity contribution is 0.411. The molecule has 0 aliphatic rings. The Kier molecular flexibility index (Phi) is 4.34. The Morgan fingerprint density at radius 2 is 2.13 bits per heavy atom. The van der Waals surface area contributed by atoms with Gasteiger partial charge in [0.05, 0.1) is 25.9 Å². The van der Waals surface area contributed by atoms with Gasteiger partial charge in [0, 0.05) is 17.8 Å². The Morgan fingerprint density at radius 3 is 2.83 bits per heavy atom. The summed E-state index contributed by atoms with van der Waals surface area (Å²) in [6.45, 7) is 7.60. The van der Waals surface area contributed by atoms with Crippen LogP contribution >= 0.6 is 0 Å². The van der Waals surface area contributed by atoms with Crippen LogP contribution in [0.5, 0.6) is 5.75 Å². The van der Waals surface area contributed by atoms with Crippen molar-refractivity contribution in [1.29, 1.82) is 0 Å².